The van der Waals surface area contributed by atoms with Gasteiger partial charge in [0.1, 0.15) is 0 Å². The van der Waals surface area contributed by atoms with E-state index in [0.29, 0.717) is 12.5 Å². The predicted octanol–water partition coefficient (Wildman–Crippen LogP) is 1.40. The number of carbonyl (C=O) groups excluding carboxylic acids is 1. The Morgan fingerprint density at radius 3 is 2.53 bits per heavy atom. The summed E-state index contributed by atoms with van der Waals surface area (Å²) in [6, 6.07) is 0. The fourth-order valence-corrected chi connectivity index (χ4v) is 2.36. The molecule has 1 aliphatic rings. The molecule has 1 saturated heterocycles. The summed E-state index contributed by atoms with van der Waals surface area (Å²) < 4.78 is 5.02. The first kappa shape index (κ1) is 16.2. The van der Waals surface area contributed by atoms with E-state index in [1.165, 1.54) is 6.42 Å². The molecule has 0 aliphatic carbocycles. The number of hydrogen-bond donors (Lipinski definition) is 1. The highest BCUT2D eigenvalue weighted by Gasteiger charge is 2.22. The lowest BCUT2D eigenvalue weighted by Gasteiger charge is -2.35. The van der Waals surface area contributed by atoms with Crippen LogP contribution in [0.1, 0.15) is 27.2 Å². The fourth-order valence-electron chi connectivity index (χ4n) is 2.36. The monoisotopic (exact) mass is 271 g/mol. The standard InChI is InChI=1S/C14H29N3O2/c1-4-6-15-11-13(3)12-16-7-9-17(10-8-16)14(18)19-5-2/h13,15H,4-12H2,1-3H3. The summed E-state index contributed by atoms with van der Waals surface area (Å²) in [5.41, 5.74) is 0. The van der Waals surface area contributed by atoms with Gasteiger partial charge in [-0.25, -0.2) is 4.79 Å². The van der Waals surface area contributed by atoms with Crippen LogP contribution in [-0.4, -0.2) is 68.3 Å². The highest BCUT2D eigenvalue weighted by molar-refractivity contribution is 5.67. The maximum atomic E-state index is 11.6. The third kappa shape index (κ3) is 6.25. The lowest BCUT2D eigenvalue weighted by Crippen LogP contribution is -2.50. The van der Waals surface area contributed by atoms with E-state index in [4.69, 9.17) is 4.74 Å². The zero-order valence-electron chi connectivity index (χ0n) is 12.7. The van der Waals surface area contributed by atoms with Gasteiger partial charge in [-0.3, -0.25) is 4.90 Å². The Bertz CT molecular complexity index is 253. The van der Waals surface area contributed by atoms with Gasteiger partial charge in [-0.15, -0.1) is 0 Å². The van der Waals surface area contributed by atoms with Crippen LogP contribution in [0.25, 0.3) is 0 Å². The number of nitrogens with one attached hydrogen (secondary N) is 1. The minimum atomic E-state index is -0.167. The third-order valence-corrected chi connectivity index (χ3v) is 3.39. The van der Waals surface area contributed by atoms with Crippen molar-refractivity contribution in [2.75, 3.05) is 52.4 Å². The van der Waals surface area contributed by atoms with Crippen molar-refractivity contribution in [3.8, 4) is 0 Å². The third-order valence-electron chi connectivity index (χ3n) is 3.39. The van der Waals surface area contributed by atoms with Gasteiger partial charge in [-0.2, -0.15) is 0 Å². The van der Waals surface area contributed by atoms with Crippen molar-refractivity contribution < 1.29 is 9.53 Å². The van der Waals surface area contributed by atoms with Crippen molar-refractivity contribution in [2.45, 2.75) is 27.2 Å². The lowest BCUT2D eigenvalue weighted by molar-refractivity contribution is 0.0759. The first-order valence-corrected chi connectivity index (χ1v) is 7.52. The van der Waals surface area contributed by atoms with Gasteiger partial charge in [-0.1, -0.05) is 13.8 Å². The average molecular weight is 271 g/mol. The van der Waals surface area contributed by atoms with Crippen LogP contribution >= 0.6 is 0 Å². The van der Waals surface area contributed by atoms with Crippen molar-refractivity contribution in [1.29, 1.82) is 0 Å². The number of piperazine rings is 1. The van der Waals surface area contributed by atoms with Crippen molar-refractivity contribution >= 4 is 6.09 Å². The van der Waals surface area contributed by atoms with E-state index < -0.39 is 0 Å². The van der Waals surface area contributed by atoms with Gasteiger partial charge in [-0.05, 0) is 32.4 Å². The van der Waals surface area contributed by atoms with E-state index >= 15 is 0 Å². The highest BCUT2D eigenvalue weighted by Crippen LogP contribution is 2.06. The van der Waals surface area contributed by atoms with Crippen LogP contribution < -0.4 is 5.32 Å². The highest BCUT2D eigenvalue weighted by atomic mass is 16.6. The second kappa shape index (κ2) is 9.15. The molecule has 1 unspecified atom stereocenters. The zero-order valence-corrected chi connectivity index (χ0v) is 12.7. The zero-order chi connectivity index (χ0) is 14.1. The smallest absolute Gasteiger partial charge is 0.409 e. The van der Waals surface area contributed by atoms with Gasteiger partial charge in [0.2, 0.25) is 0 Å². The molecule has 1 fully saturated rings. The summed E-state index contributed by atoms with van der Waals surface area (Å²) in [6.07, 6.45) is 1.02. The van der Waals surface area contributed by atoms with Gasteiger partial charge >= 0.3 is 6.09 Å². The van der Waals surface area contributed by atoms with Crippen LogP contribution in [0.15, 0.2) is 0 Å². The molecule has 1 N–H and O–H groups in total. The first-order chi connectivity index (χ1) is 9.17. The molecule has 1 aliphatic heterocycles. The topological polar surface area (TPSA) is 44.8 Å². The molecule has 1 heterocycles. The normalized spacial score (nSPS) is 18.4. The molecule has 0 saturated carbocycles. The first-order valence-electron chi connectivity index (χ1n) is 7.52. The number of hydrogen-bond acceptors (Lipinski definition) is 4. The van der Waals surface area contributed by atoms with Gasteiger partial charge in [0, 0.05) is 32.7 Å². The van der Waals surface area contributed by atoms with Crippen LogP contribution in [0.4, 0.5) is 4.79 Å². The number of nitrogens with zero attached hydrogens (tertiary/aromatic N) is 2. The van der Waals surface area contributed by atoms with E-state index in [9.17, 15) is 4.79 Å². The van der Waals surface area contributed by atoms with Gasteiger partial charge < -0.3 is 15.0 Å². The molecule has 112 valence electrons. The molecule has 1 rings (SSSR count). The Morgan fingerprint density at radius 1 is 1.26 bits per heavy atom. The largest absolute Gasteiger partial charge is 0.450 e. The minimum Gasteiger partial charge on any atom is -0.450 e. The van der Waals surface area contributed by atoms with Crippen LogP contribution in [0.2, 0.25) is 0 Å². The van der Waals surface area contributed by atoms with Gasteiger partial charge in [0.25, 0.3) is 0 Å². The molecule has 1 amide bonds. The molecule has 19 heavy (non-hydrogen) atoms. The molecule has 5 heteroatoms. The van der Waals surface area contributed by atoms with E-state index in [1.54, 1.807) is 4.90 Å². The molecular formula is C14H29N3O2. The summed E-state index contributed by atoms with van der Waals surface area (Å²) >= 11 is 0. The maximum Gasteiger partial charge on any atom is 0.409 e. The van der Waals surface area contributed by atoms with Gasteiger partial charge in [0.05, 0.1) is 6.61 Å². The minimum absolute atomic E-state index is 0.167. The van der Waals surface area contributed by atoms with Crippen LogP contribution in [0.5, 0.6) is 0 Å². The molecule has 0 spiro atoms. The van der Waals surface area contributed by atoms with E-state index in [1.807, 2.05) is 6.92 Å². The molecule has 5 nitrogen and oxygen atoms in total. The predicted molar refractivity (Wildman–Crippen MR) is 77.4 cm³/mol. The average Bonchev–Trinajstić information content (AvgIpc) is 2.40. The van der Waals surface area contributed by atoms with E-state index in [-0.39, 0.29) is 6.09 Å². The lowest BCUT2D eigenvalue weighted by atomic mass is 10.1. The Balaban J connectivity index is 2.17. The molecule has 0 aromatic carbocycles. The van der Waals surface area contributed by atoms with Crippen LogP contribution in [0.3, 0.4) is 0 Å². The molecule has 0 aromatic heterocycles. The summed E-state index contributed by atoms with van der Waals surface area (Å²) in [5, 5.41) is 3.46. The SMILES string of the molecule is CCCNCC(C)CN1CCN(C(=O)OCC)CC1. The maximum absolute atomic E-state index is 11.6. The summed E-state index contributed by atoms with van der Waals surface area (Å²) in [5.74, 6) is 0.653. The molecule has 1 atom stereocenters. The number of amides is 1. The summed E-state index contributed by atoms with van der Waals surface area (Å²) in [6.45, 7) is 13.5. The second-order valence-electron chi connectivity index (χ2n) is 5.30. The van der Waals surface area contributed by atoms with E-state index in [0.717, 1.165) is 45.8 Å². The Morgan fingerprint density at radius 2 is 1.95 bits per heavy atom. The molecular weight excluding hydrogens is 242 g/mol. The van der Waals surface area contributed by atoms with E-state index in [2.05, 4.69) is 24.1 Å². The Kier molecular flexibility index (Phi) is 7.82. The summed E-state index contributed by atoms with van der Waals surface area (Å²) in [4.78, 5) is 15.8. The van der Waals surface area contributed by atoms with Crippen molar-refractivity contribution in [3.63, 3.8) is 0 Å². The number of rotatable bonds is 7. The van der Waals surface area contributed by atoms with Crippen molar-refractivity contribution in [2.24, 2.45) is 5.92 Å². The Labute approximate surface area is 117 Å². The van der Waals surface area contributed by atoms with Crippen LogP contribution in [-0.2, 0) is 4.74 Å². The number of ether oxygens (including phenoxy) is 1. The fraction of sp³-hybridized carbons (Fsp3) is 0.929. The number of carbonyl (C=O) groups is 1. The van der Waals surface area contributed by atoms with Crippen molar-refractivity contribution in [3.05, 3.63) is 0 Å². The van der Waals surface area contributed by atoms with Crippen LogP contribution in [0, 0.1) is 5.92 Å². The summed E-state index contributed by atoms with van der Waals surface area (Å²) in [7, 11) is 0. The quantitative estimate of drug-likeness (QED) is 0.711. The van der Waals surface area contributed by atoms with Gasteiger partial charge in [0.15, 0.2) is 0 Å². The second-order valence-corrected chi connectivity index (χ2v) is 5.30. The Hall–Kier alpha value is -0.810. The molecule has 0 aromatic rings. The molecule has 0 radical (unpaired) electrons. The molecule has 0 bridgehead atoms. The van der Waals surface area contributed by atoms with Crippen molar-refractivity contribution in [1.82, 2.24) is 15.1 Å².